The second-order valence-corrected chi connectivity index (χ2v) is 5.42. The van der Waals surface area contributed by atoms with E-state index >= 15 is 0 Å². The van der Waals surface area contributed by atoms with Crippen LogP contribution in [0.3, 0.4) is 0 Å². The van der Waals surface area contributed by atoms with E-state index in [1.165, 1.54) is 6.92 Å². The highest BCUT2D eigenvalue weighted by Crippen LogP contribution is 2.16. The molecule has 0 bridgehead atoms. The Morgan fingerprint density at radius 3 is 2.60 bits per heavy atom. The van der Waals surface area contributed by atoms with Crippen LogP contribution in [0.5, 0.6) is 0 Å². The monoisotopic (exact) mass is 342 g/mol. The number of rotatable bonds is 8. The number of hydrogen-bond acceptors (Lipinski definition) is 5. The number of pyridine rings is 1. The second-order valence-electron chi connectivity index (χ2n) is 5.42. The molecule has 2 amide bonds. The molecule has 0 fully saturated rings. The number of methoxy groups -OCH3 is 1. The SMILES string of the molecule is COCCCNc1cc(C(=O)Nc2cccc(NC(C)=O)c2)ccn1. The third kappa shape index (κ3) is 6.23. The number of ether oxygens (including phenoxy) is 1. The van der Waals surface area contributed by atoms with Gasteiger partial charge in [-0.15, -0.1) is 0 Å². The first-order valence-electron chi connectivity index (χ1n) is 7.96. The van der Waals surface area contributed by atoms with Crippen LogP contribution >= 0.6 is 0 Å². The van der Waals surface area contributed by atoms with Gasteiger partial charge in [-0.2, -0.15) is 0 Å². The number of anilines is 3. The highest BCUT2D eigenvalue weighted by molar-refractivity contribution is 6.05. The Hall–Kier alpha value is -2.93. The summed E-state index contributed by atoms with van der Waals surface area (Å²) >= 11 is 0. The number of hydrogen-bond donors (Lipinski definition) is 3. The standard InChI is InChI=1S/C18H22N4O3/c1-13(23)21-15-5-3-6-16(12-15)22-18(24)14-7-9-20-17(11-14)19-8-4-10-25-2/h3,5-7,9,11-12H,4,8,10H2,1-2H3,(H,19,20)(H,21,23)(H,22,24). The number of carbonyl (C=O) groups is 2. The Kier molecular flexibility index (Phi) is 6.91. The minimum absolute atomic E-state index is 0.165. The minimum Gasteiger partial charge on any atom is -0.385 e. The first-order valence-corrected chi connectivity index (χ1v) is 7.96. The van der Waals surface area contributed by atoms with E-state index in [-0.39, 0.29) is 11.8 Å². The van der Waals surface area contributed by atoms with E-state index in [1.807, 2.05) is 0 Å². The summed E-state index contributed by atoms with van der Waals surface area (Å²) in [7, 11) is 1.66. The Bertz CT molecular complexity index is 734. The summed E-state index contributed by atoms with van der Waals surface area (Å²) in [6.07, 6.45) is 2.44. The summed E-state index contributed by atoms with van der Waals surface area (Å²) in [6, 6.07) is 10.3. The molecular formula is C18H22N4O3. The van der Waals surface area contributed by atoms with Gasteiger partial charge in [-0.05, 0) is 36.8 Å². The fourth-order valence-electron chi connectivity index (χ4n) is 2.18. The molecule has 2 rings (SSSR count). The molecular weight excluding hydrogens is 320 g/mol. The van der Waals surface area contributed by atoms with E-state index in [0.717, 1.165) is 6.42 Å². The summed E-state index contributed by atoms with van der Waals surface area (Å²) < 4.78 is 4.99. The summed E-state index contributed by atoms with van der Waals surface area (Å²) in [5, 5.41) is 8.64. The number of aromatic nitrogens is 1. The third-order valence-corrected chi connectivity index (χ3v) is 3.29. The normalized spacial score (nSPS) is 10.2. The average Bonchev–Trinajstić information content (AvgIpc) is 2.59. The average molecular weight is 342 g/mol. The Labute approximate surface area is 146 Å². The van der Waals surface area contributed by atoms with Gasteiger partial charge < -0.3 is 20.7 Å². The fraction of sp³-hybridized carbons (Fsp3) is 0.278. The van der Waals surface area contributed by atoms with Crippen molar-refractivity contribution >= 4 is 29.0 Å². The second kappa shape index (κ2) is 9.39. The molecule has 132 valence electrons. The van der Waals surface area contributed by atoms with Crippen molar-refractivity contribution in [1.29, 1.82) is 0 Å². The quantitative estimate of drug-likeness (QED) is 0.642. The van der Waals surface area contributed by atoms with Gasteiger partial charge in [-0.1, -0.05) is 6.07 Å². The molecule has 2 aromatic rings. The molecule has 1 heterocycles. The van der Waals surface area contributed by atoms with Crippen LogP contribution in [0, 0.1) is 0 Å². The van der Waals surface area contributed by atoms with Crippen molar-refractivity contribution in [3.8, 4) is 0 Å². The van der Waals surface area contributed by atoms with Crippen molar-refractivity contribution in [3.05, 3.63) is 48.2 Å². The van der Waals surface area contributed by atoms with Crippen LogP contribution in [-0.2, 0) is 9.53 Å². The maximum absolute atomic E-state index is 12.4. The molecule has 1 aromatic carbocycles. The maximum atomic E-state index is 12.4. The summed E-state index contributed by atoms with van der Waals surface area (Å²) in [5.41, 5.74) is 1.72. The van der Waals surface area contributed by atoms with Crippen LogP contribution in [0.25, 0.3) is 0 Å². The predicted molar refractivity (Wildman–Crippen MR) is 97.9 cm³/mol. The first kappa shape index (κ1) is 18.4. The first-order chi connectivity index (χ1) is 12.1. The molecule has 25 heavy (non-hydrogen) atoms. The zero-order valence-corrected chi connectivity index (χ0v) is 14.3. The number of nitrogens with one attached hydrogen (secondary N) is 3. The van der Waals surface area contributed by atoms with Gasteiger partial charge in [0.1, 0.15) is 5.82 Å². The summed E-state index contributed by atoms with van der Waals surface area (Å²) in [5.74, 6) is 0.222. The molecule has 0 saturated heterocycles. The zero-order valence-electron chi connectivity index (χ0n) is 14.3. The topological polar surface area (TPSA) is 92.4 Å². The van der Waals surface area contributed by atoms with Gasteiger partial charge in [-0.3, -0.25) is 9.59 Å². The lowest BCUT2D eigenvalue weighted by Crippen LogP contribution is -2.14. The van der Waals surface area contributed by atoms with Gasteiger partial charge in [0.25, 0.3) is 5.91 Å². The Morgan fingerprint density at radius 2 is 1.88 bits per heavy atom. The molecule has 0 spiro atoms. The lowest BCUT2D eigenvalue weighted by atomic mass is 10.2. The van der Waals surface area contributed by atoms with Gasteiger partial charge in [0.15, 0.2) is 0 Å². The van der Waals surface area contributed by atoms with Crippen LogP contribution in [0.4, 0.5) is 17.2 Å². The summed E-state index contributed by atoms with van der Waals surface area (Å²) in [4.78, 5) is 27.7. The number of nitrogens with zero attached hydrogens (tertiary/aromatic N) is 1. The molecule has 1 aromatic heterocycles. The summed E-state index contributed by atoms with van der Waals surface area (Å²) in [6.45, 7) is 2.81. The highest BCUT2D eigenvalue weighted by atomic mass is 16.5. The lowest BCUT2D eigenvalue weighted by molar-refractivity contribution is -0.114. The number of carbonyl (C=O) groups excluding carboxylic acids is 2. The van der Waals surface area contributed by atoms with Crippen LogP contribution < -0.4 is 16.0 Å². The molecule has 7 heteroatoms. The number of amides is 2. The van der Waals surface area contributed by atoms with Crippen molar-refractivity contribution in [2.24, 2.45) is 0 Å². The fourth-order valence-corrected chi connectivity index (χ4v) is 2.18. The number of benzene rings is 1. The van der Waals surface area contributed by atoms with Crippen LogP contribution in [0.1, 0.15) is 23.7 Å². The van der Waals surface area contributed by atoms with Crippen LogP contribution in [0.15, 0.2) is 42.6 Å². The van der Waals surface area contributed by atoms with Crippen molar-refractivity contribution in [1.82, 2.24) is 4.98 Å². The zero-order chi connectivity index (χ0) is 18.1. The molecule has 0 aliphatic rings. The Morgan fingerprint density at radius 1 is 1.12 bits per heavy atom. The van der Waals surface area contributed by atoms with Crippen molar-refractivity contribution < 1.29 is 14.3 Å². The van der Waals surface area contributed by atoms with E-state index < -0.39 is 0 Å². The molecule has 0 saturated carbocycles. The largest absolute Gasteiger partial charge is 0.385 e. The predicted octanol–water partition coefficient (Wildman–Crippen LogP) is 2.74. The molecule has 3 N–H and O–H groups in total. The van der Waals surface area contributed by atoms with Crippen LogP contribution in [-0.4, -0.2) is 37.1 Å². The van der Waals surface area contributed by atoms with E-state index in [0.29, 0.717) is 35.9 Å². The van der Waals surface area contributed by atoms with Gasteiger partial charge in [0, 0.05) is 50.3 Å². The van der Waals surface area contributed by atoms with Gasteiger partial charge >= 0.3 is 0 Å². The molecule has 7 nitrogen and oxygen atoms in total. The van der Waals surface area contributed by atoms with E-state index in [2.05, 4.69) is 20.9 Å². The van der Waals surface area contributed by atoms with Crippen LogP contribution in [0.2, 0.25) is 0 Å². The molecule has 0 aliphatic carbocycles. The van der Waals surface area contributed by atoms with Gasteiger partial charge in [0.05, 0.1) is 0 Å². The smallest absolute Gasteiger partial charge is 0.255 e. The van der Waals surface area contributed by atoms with Crippen molar-refractivity contribution in [2.45, 2.75) is 13.3 Å². The van der Waals surface area contributed by atoms with Crippen molar-refractivity contribution in [2.75, 3.05) is 36.2 Å². The molecule has 0 radical (unpaired) electrons. The maximum Gasteiger partial charge on any atom is 0.255 e. The van der Waals surface area contributed by atoms with Gasteiger partial charge in [0.2, 0.25) is 5.91 Å². The van der Waals surface area contributed by atoms with E-state index in [1.54, 1.807) is 49.7 Å². The lowest BCUT2D eigenvalue weighted by Gasteiger charge is -2.09. The third-order valence-electron chi connectivity index (χ3n) is 3.29. The Balaban J connectivity index is 1.99. The minimum atomic E-state index is -0.248. The van der Waals surface area contributed by atoms with Crippen molar-refractivity contribution in [3.63, 3.8) is 0 Å². The highest BCUT2D eigenvalue weighted by Gasteiger charge is 2.08. The van der Waals surface area contributed by atoms with E-state index in [9.17, 15) is 9.59 Å². The molecule has 0 unspecified atom stereocenters. The molecule has 0 aliphatic heterocycles. The van der Waals surface area contributed by atoms with E-state index in [4.69, 9.17) is 4.74 Å². The van der Waals surface area contributed by atoms with Gasteiger partial charge in [-0.25, -0.2) is 4.98 Å². The molecule has 0 atom stereocenters.